The average molecular weight is 460 g/mol. The number of H-pyrrole nitrogens is 2. The lowest BCUT2D eigenvalue weighted by molar-refractivity contribution is 0.282. The summed E-state index contributed by atoms with van der Waals surface area (Å²) in [5.41, 5.74) is 5.83. The highest BCUT2D eigenvalue weighted by Gasteiger charge is 2.16. The van der Waals surface area contributed by atoms with E-state index in [9.17, 15) is 9.90 Å². The molecule has 1 saturated heterocycles. The summed E-state index contributed by atoms with van der Waals surface area (Å²) < 4.78 is 0. The molecule has 0 saturated carbocycles. The van der Waals surface area contributed by atoms with Crippen molar-refractivity contribution in [3.05, 3.63) is 70.6 Å². The number of imidazole rings is 1. The van der Waals surface area contributed by atoms with Gasteiger partial charge in [0, 0.05) is 38.1 Å². The number of pyridine rings is 1. The van der Waals surface area contributed by atoms with E-state index in [4.69, 9.17) is 0 Å². The van der Waals surface area contributed by atoms with Crippen LogP contribution in [0.5, 0.6) is 0 Å². The van der Waals surface area contributed by atoms with Crippen LogP contribution >= 0.6 is 0 Å². The number of piperazine rings is 1. The van der Waals surface area contributed by atoms with Crippen molar-refractivity contribution in [3.63, 3.8) is 0 Å². The Hall–Kier alpha value is -3.42. The van der Waals surface area contributed by atoms with Gasteiger partial charge in [0.2, 0.25) is 0 Å². The van der Waals surface area contributed by atoms with E-state index < -0.39 is 0 Å². The molecule has 0 atom stereocenters. The summed E-state index contributed by atoms with van der Waals surface area (Å²) in [5, 5.41) is 9.42. The number of benzene rings is 2. The van der Waals surface area contributed by atoms with E-state index in [1.807, 2.05) is 36.4 Å². The number of nitrogens with one attached hydrogen (secondary N) is 2. The monoisotopic (exact) mass is 459 g/mol. The van der Waals surface area contributed by atoms with Gasteiger partial charge in [-0.05, 0) is 54.1 Å². The summed E-state index contributed by atoms with van der Waals surface area (Å²) in [4.78, 5) is 28.1. The fraction of sp³-hybridized carbons (Fsp3) is 0.333. The predicted octanol–water partition coefficient (Wildman–Crippen LogP) is 4.25. The Morgan fingerprint density at radius 2 is 1.76 bits per heavy atom. The number of aliphatic hydroxyl groups is 1. The molecule has 1 aliphatic heterocycles. The maximum absolute atomic E-state index is 12.6. The smallest absolute Gasteiger partial charge is 0.259 e. The van der Waals surface area contributed by atoms with Crippen LogP contribution in [-0.2, 0) is 6.61 Å². The third kappa shape index (κ3) is 5.21. The van der Waals surface area contributed by atoms with Crippen molar-refractivity contribution in [2.24, 2.45) is 0 Å². The zero-order valence-electron chi connectivity index (χ0n) is 20.1. The van der Waals surface area contributed by atoms with Gasteiger partial charge in [0.25, 0.3) is 5.56 Å². The first kappa shape index (κ1) is 23.7. The third-order valence-electron chi connectivity index (χ3n) is 5.94. The van der Waals surface area contributed by atoms with Crippen molar-refractivity contribution in [2.45, 2.75) is 26.9 Å². The van der Waals surface area contributed by atoms with Gasteiger partial charge in [-0.2, -0.15) is 0 Å². The second-order valence-corrected chi connectivity index (χ2v) is 8.77. The van der Waals surface area contributed by atoms with Gasteiger partial charge in [0.05, 0.1) is 23.2 Å². The molecule has 5 rings (SSSR count). The lowest BCUT2D eigenvalue weighted by Gasteiger charge is -2.34. The van der Waals surface area contributed by atoms with Crippen LogP contribution < -0.4 is 10.5 Å². The van der Waals surface area contributed by atoms with Gasteiger partial charge >= 0.3 is 0 Å². The first-order valence-electron chi connectivity index (χ1n) is 11.9. The number of aliphatic hydroxyl groups excluding tert-OH is 1. The van der Waals surface area contributed by atoms with Crippen LogP contribution in [0.25, 0.3) is 33.5 Å². The van der Waals surface area contributed by atoms with Crippen molar-refractivity contribution in [3.8, 4) is 22.5 Å². The molecule has 0 amide bonds. The van der Waals surface area contributed by atoms with E-state index in [0.717, 1.165) is 53.9 Å². The molecule has 1 aliphatic rings. The minimum absolute atomic E-state index is 0.0245. The van der Waals surface area contributed by atoms with Crippen LogP contribution in [0, 0.1) is 0 Å². The SMILES string of the molecule is CCC.CN1CCN(c2ccc3nc(-c4cc(-c5cccc(CO)c5)c[nH]c4=O)[nH]c3c2)CC1. The van der Waals surface area contributed by atoms with E-state index in [1.165, 1.54) is 12.1 Å². The Morgan fingerprint density at radius 3 is 2.50 bits per heavy atom. The number of aromatic nitrogens is 3. The summed E-state index contributed by atoms with van der Waals surface area (Å²) in [6.45, 7) is 8.32. The Morgan fingerprint density at radius 1 is 1.00 bits per heavy atom. The molecule has 0 aliphatic carbocycles. The standard InChI is InChI=1S/C24H25N5O2.C3H8/c1-28-7-9-29(10-8-28)19-5-6-21-22(13-19)27-23(26-21)20-12-18(14-25-24(20)31)17-4-2-3-16(11-17)15-30;1-3-2/h2-6,11-14,30H,7-10,15H2,1H3,(H,25,31)(H,26,27);3H2,1-2H3. The summed E-state index contributed by atoms with van der Waals surface area (Å²) in [6, 6.07) is 15.7. The second kappa shape index (κ2) is 10.7. The van der Waals surface area contributed by atoms with Crippen molar-refractivity contribution in [2.75, 3.05) is 38.1 Å². The number of likely N-dealkylation sites (N-methyl/N-ethyl adjacent to an activating group) is 1. The normalized spacial score (nSPS) is 14.2. The molecular weight excluding hydrogens is 426 g/mol. The number of hydrogen-bond donors (Lipinski definition) is 3. The molecule has 34 heavy (non-hydrogen) atoms. The van der Waals surface area contributed by atoms with Crippen molar-refractivity contribution in [1.82, 2.24) is 19.9 Å². The summed E-state index contributed by atoms with van der Waals surface area (Å²) in [6.07, 6.45) is 2.94. The zero-order valence-corrected chi connectivity index (χ0v) is 20.1. The van der Waals surface area contributed by atoms with Crippen LogP contribution in [0.15, 0.2) is 59.5 Å². The van der Waals surface area contributed by atoms with Gasteiger partial charge < -0.3 is 24.9 Å². The fourth-order valence-electron chi connectivity index (χ4n) is 4.06. The highest BCUT2D eigenvalue weighted by atomic mass is 16.3. The molecule has 0 bridgehead atoms. The molecule has 2 aromatic carbocycles. The van der Waals surface area contributed by atoms with E-state index in [-0.39, 0.29) is 12.2 Å². The molecule has 3 heterocycles. The quantitative estimate of drug-likeness (QED) is 0.425. The van der Waals surface area contributed by atoms with Crippen molar-refractivity contribution in [1.29, 1.82) is 0 Å². The molecule has 0 spiro atoms. The highest BCUT2D eigenvalue weighted by Crippen LogP contribution is 2.26. The second-order valence-electron chi connectivity index (χ2n) is 8.77. The molecule has 3 N–H and O–H groups in total. The van der Waals surface area contributed by atoms with Gasteiger partial charge in [-0.25, -0.2) is 4.98 Å². The van der Waals surface area contributed by atoms with Gasteiger partial charge in [-0.15, -0.1) is 0 Å². The third-order valence-corrected chi connectivity index (χ3v) is 5.94. The number of aromatic amines is 2. The first-order chi connectivity index (χ1) is 16.5. The molecule has 7 heteroatoms. The average Bonchev–Trinajstić information content (AvgIpc) is 3.28. The molecule has 4 aromatic rings. The Labute approximate surface area is 200 Å². The minimum atomic E-state index is -0.194. The van der Waals surface area contributed by atoms with Gasteiger partial charge in [-0.3, -0.25) is 4.79 Å². The van der Waals surface area contributed by atoms with Crippen LogP contribution in [0.4, 0.5) is 5.69 Å². The molecular formula is C27H33N5O2. The highest BCUT2D eigenvalue weighted by molar-refractivity contribution is 5.83. The summed E-state index contributed by atoms with van der Waals surface area (Å²) in [7, 11) is 2.15. The fourth-order valence-corrected chi connectivity index (χ4v) is 4.06. The maximum atomic E-state index is 12.6. The summed E-state index contributed by atoms with van der Waals surface area (Å²) in [5.74, 6) is 0.548. The molecule has 0 unspecified atom stereocenters. The van der Waals surface area contributed by atoms with E-state index in [2.05, 4.69) is 57.8 Å². The number of anilines is 1. The van der Waals surface area contributed by atoms with Gasteiger partial charge in [-0.1, -0.05) is 38.5 Å². The molecule has 2 aromatic heterocycles. The predicted molar refractivity (Wildman–Crippen MR) is 139 cm³/mol. The molecule has 178 valence electrons. The topological polar surface area (TPSA) is 88.2 Å². The summed E-state index contributed by atoms with van der Waals surface area (Å²) >= 11 is 0. The van der Waals surface area contributed by atoms with E-state index in [1.54, 1.807) is 6.20 Å². The number of nitrogens with zero attached hydrogens (tertiary/aromatic N) is 3. The van der Waals surface area contributed by atoms with E-state index in [0.29, 0.717) is 11.4 Å². The van der Waals surface area contributed by atoms with Gasteiger partial charge in [0.15, 0.2) is 0 Å². The van der Waals surface area contributed by atoms with Crippen molar-refractivity contribution >= 4 is 16.7 Å². The molecule has 1 fully saturated rings. The van der Waals surface area contributed by atoms with Crippen LogP contribution in [-0.4, -0.2) is 58.2 Å². The Bertz CT molecular complexity index is 1300. The largest absolute Gasteiger partial charge is 0.392 e. The van der Waals surface area contributed by atoms with Crippen molar-refractivity contribution < 1.29 is 5.11 Å². The Kier molecular flexibility index (Phi) is 7.45. The van der Waals surface area contributed by atoms with Crippen LogP contribution in [0.3, 0.4) is 0 Å². The lowest BCUT2D eigenvalue weighted by Crippen LogP contribution is -2.44. The van der Waals surface area contributed by atoms with Crippen LogP contribution in [0.2, 0.25) is 0 Å². The number of fused-ring (bicyclic) bond motifs is 1. The molecule has 0 radical (unpaired) electrons. The lowest BCUT2D eigenvalue weighted by atomic mass is 10.0. The van der Waals surface area contributed by atoms with E-state index >= 15 is 0 Å². The number of rotatable bonds is 4. The molecule has 7 nitrogen and oxygen atoms in total. The first-order valence-corrected chi connectivity index (χ1v) is 11.9. The maximum Gasteiger partial charge on any atom is 0.259 e. The zero-order chi connectivity index (χ0) is 24.1. The van der Waals surface area contributed by atoms with Crippen LogP contribution in [0.1, 0.15) is 25.8 Å². The Balaban J connectivity index is 0.000000868. The van der Waals surface area contributed by atoms with Gasteiger partial charge in [0.1, 0.15) is 5.82 Å². The minimum Gasteiger partial charge on any atom is -0.392 e. The number of hydrogen-bond acceptors (Lipinski definition) is 5.